The standard InChI is InChI=1S/C28H30Cl3N3O4S/c1-19(27(36)32-28(2,3)4)33(17-20-13-15-21(29)16-14-20)25(35)18-34(24-12-8-11-23(30)26(24)31)39(37,38)22-9-6-5-7-10-22/h5-16,19H,17-18H2,1-4H3,(H,32,36). The van der Waals surface area contributed by atoms with E-state index in [-0.39, 0.29) is 33.1 Å². The number of nitrogens with zero attached hydrogens (tertiary/aromatic N) is 2. The smallest absolute Gasteiger partial charge is 0.264 e. The summed E-state index contributed by atoms with van der Waals surface area (Å²) in [5.41, 5.74) is 0.207. The van der Waals surface area contributed by atoms with Gasteiger partial charge in [-0.05, 0) is 69.7 Å². The Hall–Kier alpha value is -2.78. The lowest BCUT2D eigenvalue weighted by Crippen LogP contribution is -2.54. The van der Waals surface area contributed by atoms with E-state index in [1.807, 2.05) is 20.8 Å². The molecule has 39 heavy (non-hydrogen) atoms. The van der Waals surface area contributed by atoms with E-state index in [0.717, 1.165) is 4.31 Å². The first kappa shape index (κ1) is 30.8. The molecule has 0 aliphatic carbocycles. The summed E-state index contributed by atoms with van der Waals surface area (Å²) in [5, 5.41) is 3.51. The number of rotatable bonds is 9. The van der Waals surface area contributed by atoms with Crippen molar-refractivity contribution in [3.63, 3.8) is 0 Å². The van der Waals surface area contributed by atoms with Gasteiger partial charge >= 0.3 is 0 Å². The Morgan fingerprint density at radius 2 is 1.51 bits per heavy atom. The fourth-order valence-corrected chi connectivity index (χ4v) is 5.78. The highest BCUT2D eigenvalue weighted by Crippen LogP contribution is 2.35. The highest BCUT2D eigenvalue weighted by atomic mass is 35.5. The first-order valence-electron chi connectivity index (χ1n) is 12.1. The first-order chi connectivity index (χ1) is 18.2. The van der Waals surface area contributed by atoms with Crippen molar-refractivity contribution in [2.24, 2.45) is 0 Å². The fraction of sp³-hybridized carbons (Fsp3) is 0.286. The number of carbonyl (C=O) groups excluding carboxylic acids is 2. The zero-order valence-corrected chi connectivity index (χ0v) is 25.1. The Kier molecular flexibility index (Phi) is 9.93. The van der Waals surface area contributed by atoms with Gasteiger partial charge in [-0.2, -0.15) is 0 Å². The number of halogens is 3. The van der Waals surface area contributed by atoms with E-state index >= 15 is 0 Å². The third-order valence-corrected chi connectivity index (χ3v) is 8.58. The lowest BCUT2D eigenvalue weighted by Gasteiger charge is -2.33. The molecular formula is C28H30Cl3N3O4S. The molecule has 0 aromatic heterocycles. The average Bonchev–Trinajstić information content (AvgIpc) is 2.87. The third-order valence-electron chi connectivity index (χ3n) is 5.74. The Morgan fingerprint density at radius 1 is 0.897 bits per heavy atom. The molecule has 0 radical (unpaired) electrons. The van der Waals surface area contributed by atoms with Crippen LogP contribution in [0.2, 0.25) is 15.1 Å². The number of anilines is 1. The van der Waals surface area contributed by atoms with Crippen molar-refractivity contribution in [1.82, 2.24) is 10.2 Å². The number of sulfonamides is 1. The van der Waals surface area contributed by atoms with E-state index in [0.29, 0.717) is 10.6 Å². The van der Waals surface area contributed by atoms with Crippen molar-refractivity contribution >= 4 is 62.3 Å². The van der Waals surface area contributed by atoms with Gasteiger partial charge in [-0.15, -0.1) is 0 Å². The summed E-state index contributed by atoms with van der Waals surface area (Å²) in [6.07, 6.45) is 0. The molecule has 0 saturated carbocycles. The van der Waals surface area contributed by atoms with Gasteiger partial charge in [-0.25, -0.2) is 8.42 Å². The van der Waals surface area contributed by atoms with Gasteiger partial charge in [0.1, 0.15) is 12.6 Å². The molecular weight excluding hydrogens is 581 g/mol. The Labute approximate surface area is 244 Å². The molecule has 11 heteroatoms. The van der Waals surface area contributed by atoms with Crippen LogP contribution in [-0.2, 0) is 26.2 Å². The van der Waals surface area contributed by atoms with Gasteiger partial charge in [0.25, 0.3) is 10.0 Å². The first-order valence-corrected chi connectivity index (χ1v) is 14.7. The van der Waals surface area contributed by atoms with Crippen LogP contribution >= 0.6 is 34.8 Å². The SMILES string of the molecule is CC(C(=O)NC(C)(C)C)N(Cc1ccc(Cl)cc1)C(=O)CN(c1cccc(Cl)c1Cl)S(=O)(=O)c1ccccc1. The summed E-state index contributed by atoms with van der Waals surface area (Å²) in [6.45, 7) is 6.50. The molecule has 3 aromatic rings. The molecule has 0 fully saturated rings. The van der Waals surface area contributed by atoms with E-state index in [2.05, 4.69) is 5.32 Å². The summed E-state index contributed by atoms with van der Waals surface area (Å²) >= 11 is 18.7. The van der Waals surface area contributed by atoms with Crippen LogP contribution in [0.3, 0.4) is 0 Å². The lowest BCUT2D eigenvalue weighted by molar-refractivity contribution is -0.140. The molecule has 2 amide bonds. The largest absolute Gasteiger partial charge is 0.350 e. The summed E-state index contributed by atoms with van der Waals surface area (Å²) in [5.74, 6) is -1.000. The maximum Gasteiger partial charge on any atom is 0.264 e. The van der Waals surface area contributed by atoms with Crippen LogP contribution < -0.4 is 9.62 Å². The summed E-state index contributed by atoms with van der Waals surface area (Å²) in [7, 11) is -4.25. The van der Waals surface area contributed by atoms with Crippen molar-refractivity contribution < 1.29 is 18.0 Å². The molecule has 0 spiro atoms. The Bertz CT molecular complexity index is 1430. The highest BCUT2D eigenvalue weighted by Gasteiger charge is 2.34. The minimum absolute atomic E-state index is 0.0192. The van der Waals surface area contributed by atoms with Crippen LogP contribution in [0.1, 0.15) is 33.3 Å². The molecule has 1 atom stereocenters. The number of amides is 2. The molecule has 0 aliphatic heterocycles. The van der Waals surface area contributed by atoms with Crippen molar-refractivity contribution in [3.05, 3.63) is 93.4 Å². The number of benzene rings is 3. The zero-order valence-electron chi connectivity index (χ0n) is 22.0. The van der Waals surface area contributed by atoms with Crippen molar-refractivity contribution in [2.75, 3.05) is 10.8 Å². The van der Waals surface area contributed by atoms with Gasteiger partial charge in [0.15, 0.2) is 0 Å². The molecule has 1 N–H and O–H groups in total. The van der Waals surface area contributed by atoms with Crippen LogP contribution in [0.4, 0.5) is 5.69 Å². The second kappa shape index (κ2) is 12.6. The van der Waals surface area contributed by atoms with E-state index in [1.165, 1.54) is 29.2 Å². The molecule has 0 bridgehead atoms. The summed E-state index contributed by atoms with van der Waals surface area (Å²) in [6, 6.07) is 18.2. The van der Waals surface area contributed by atoms with Gasteiger partial charge < -0.3 is 10.2 Å². The topological polar surface area (TPSA) is 86.8 Å². The molecule has 0 heterocycles. The van der Waals surface area contributed by atoms with Crippen molar-refractivity contribution in [2.45, 2.75) is 50.7 Å². The van der Waals surface area contributed by atoms with E-state index in [4.69, 9.17) is 34.8 Å². The predicted molar refractivity (Wildman–Crippen MR) is 157 cm³/mol. The maximum absolute atomic E-state index is 13.9. The second-order valence-corrected chi connectivity index (χ2v) is 13.0. The van der Waals surface area contributed by atoms with Crippen LogP contribution in [0, 0.1) is 0 Å². The van der Waals surface area contributed by atoms with Crippen LogP contribution in [0.25, 0.3) is 0 Å². The Balaban J connectivity index is 2.06. The predicted octanol–water partition coefficient (Wildman–Crippen LogP) is 6.17. The maximum atomic E-state index is 13.9. The van der Waals surface area contributed by atoms with Gasteiger partial charge in [-0.1, -0.05) is 71.2 Å². The number of hydrogen-bond donors (Lipinski definition) is 1. The van der Waals surface area contributed by atoms with E-state index < -0.39 is 34.1 Å². The van der Waals surface area contributed by atoms with Crippen molar-refractivity contribution in [3.8, 4) is 0 Å². The average molecular weight is 611 g/mol. The molecule has 3 aromatic carbocycles. The summed E-state index contributed by atoms with van der Waals surface area (Å²) < 4.78 is 28.5. The van der Waals surface area contributed by atoms with Crippen LogP contribution in [0.15, 0.2) is 77.7 Å². The van der Waals surface area contributed by atoms with Crippen molar-refractivity contribution in [1.29, 1.82) is 0 Å². The van der Waals surface area contributed by atoms with Gasteiger partial charge in [0.05, 0.1) is 20.6 Å². The van der Waals surface area contributed by atoms with Gasteiger partial charge in [0, 0.05) is 17.1 Å². The Morgan fingerprint density at radius 3 is 2.10 bits per heavy atom. The second-order valence-electron chi connectivity index (χ2n) is 9.96. The van der Waals surface area contributed by atoms with E-state index in [9.17, 15) is 18.0 Å². The van der Waals surface area contributed by atoms with Crippen LogP contribution in [-0.4, -0.2) is 43.3 Å². The minimum atomic E-state index is -4.25. The normalized spacial score (nSPS) is 12.5. The highest BCUT2D eigenvalue weighted by molar-refractivity contribution is 7.92. The molecule has 0 aliphatic rings. The number of carbonyl (C=O) groups is 2. The number of nitrogens with one attached hydrogen (secondary N) is 1. The zero-order chi connectivity index (χ0) is 29.0. The van der Waals surface area contributed by atoms with Gasteiger partial charge in [0.2, 0.25) is 11.8 Å². The minimum Gasteiger partial charge on any atom is -0.350 e. The monoisotopic (exact) mass is 609 g/mol. The molecule has 1 unspecified atom stereocenters. The molecule has 3 rings (SSSR count). The van der Waals surface area contributed by atoms with Crippen LogP contribution in [0.5, 0.6) is 0 Å². The fourth-order valence-electron chi connectivity index (χ4n) is 3.76. The quantitative estimate of drug-likeness (QED) is 0.314. The molecule has 208 valence electrons. The number of hydrogen-bond acceptors (Lipinski definition) is 4. The van der Waals surface area contributed by atoms with Gasteiger partial charge in [-0.3, -0.25) is 13.9 Å². The molecule has 0 saturated heterocycles. The third kappa shape index (κ3) is 7.88. The molecule has 7 nitrogen and oxygen atoms in total. The lowest BCUT2D eigenvalue weighted by atomic mass is 10.1. The summed E-state index contributed by atoms with van der Waals surface area (Å²) in [4.78, 5) is 28.3. The van der Waals surface area contributed by atoms with E-state index in [1.54, 1.807) is 55.5 Å².